The smallest absolute Gasteiger partial charge is 0.243 e. The Morgan fingerprint density at radius 1 is 1.11 bits per heavy atom. The molecule has 0 atom stereocenters. The van der Waals surface area contributed by atoms with E-state index in [1.807, 2.05) is 51.1 Å². The van der Waals surface area contributed by atoms with E-state index < -0.39 is 0 Å². The first-order valence-electron chi connectivity index (χ1n) is 5.93. The van der Waals surface area contributed by atoms with Gasteiger partial charge >= 0.3 is 0 Å². The van der Waals surface area contributed by atoms with Crippen molar-refractivity contribution in [1.82, 2.24) is 9.97 Å². The van der Waals surface area contributed by atoms with Crippen LogP contribution in [0, 0.1) is 13.8 Å². The summed E-state index contributed by atoms with van der Waals surface area (Å²) in [4.78, 5) is 8.55. The maximum absolute atomic E-state index is 4.30. The van der Waals surface area contributed by atoms with Gasteiger partial charge in [0.2, 0.25) is 5.95 Å². The highest BCUT2D eigenvalue weighted by Gasteiger charge is 2.00. The second-order valence-electron chi connectivity index (χ2n) is 4.29. The molecule has 1 aromatic carbocycles. The molecule has 2 rings (SSSR count). The predicted octanol–water partition coefficient (Wildman–Crippen LogP) is 3.69. The van der Waals surface area contributed by atoms with Gasteiger partial charge in [-0.2, -0.15) is 5.10 Å². The third-order valence-corrected chi connectivity index (χ3v) is 3.10. The summed E-state index contributed by atoms with van der Waals surface area (Å²) < 4.78 is 1.05. The molecule has 1 aromatic heterocycles. The van der Waals surface area contributed by atoms with Gasteiger partial charge in [0.25, 0.3) is 0 Å². The van der Waals surface area contributed by atoms with E-state index in [-0.39, 0.29) is 0 Å². The number of hydrazone groups is 1. The van der Waals surface area contributed by atoms with Gasteiger partial charge in [0.05, 0.1) is 5.71 Å². The number of nitrogens with one attached hydrogen (secondary N) is 1. The van der Waals surface area contributed by atoms with Crippen molar-refractivity contribution >= 4 is 27.6 Å². The van der Waals surface area contributed by atoms with Crippen LogP contribution < -0.4 is 5.43 Å². The number of halogens is 1. The molecule has 0 fully saturated rings. The summed E-state index contributed by atoms with van der Waals surface area (Å²) in [6.07, 6.45) is 0. The zero-order valence-electron chi connectivity index (χ0n) is 11.1. The Morgan fingerprint density at radius 2 is 1.68 bits per heavy atom. The van der Waals surface area contributed by atoms with Crippen LogP contribution in [-0.4, -0.2) is 15.7 Å². The third-order valence-electron chi connectivity index (χ3n) is 2.57. The zero-order chi connectivity index (χ0) is 13.8. The number of rotatable bonds is 3. The van der Waals surface area contributed by atoms with Gasteiger partial charge in [-0.05, 0) is 44.5 Å². The summed E-state index contributed by atoms with van der Waals surface area (Å²) in [6, 6.07) is 9.92. The van der Waals surface area contributed by atoms with Crippen LogP contribution in [0.2, 0.25) is 0 Å². The van der Waals surface area contributed by atoms with Crippen molar-refractivity contribution in [3.05, 3.63) is 51.8 Å². The summed E-state index contributed by atoms with van der Waals surface area (Å²) >= 11 is 3.41. The molecule has 98 valence electrons. The van der Waals surface area contributed by atoms with Gasteiger partial charge in [-0.3, -0.25) is 0 Å². The topological polar surface area (TPSA) is 50.2 Å². The lowest BCUT2D eigenvalue weighted by Crippen LogP contribution is -2.03. The van der Waals surface area contributed by atoms with Crippen molar-refractivity contribution in [3.8, 4) is 0 Å². The van der Waals surface area contributed by atoms with Crippen LogP contribution in [0.4, 0.5) is 5.95 Å². The second-order valence-corrected chi connectivity index (χ2v) is 5.21. The van der Waals surface area contributed by atoms with Crippen LogP contribution in [0.15, 0.2) is 39.9 Å². The Bertz CT molecular complexity index is 585. The lowest BCUT2D eigenvalue weighted by molar-refractivity contribution is 1.03. The van der Waals surface area contributed by atoms with Crippen LogP contribution in [0.3, 0.4) is 0 Å². The molecule has 4 nitrogen and oxygen atoms in total. The minimum atomic E-state index is 0.522. The molecule has 2 aromatic rings. The van der Waals surface area contributed by atoms with E-state index in [0.29, 0.717) is 5.95 Å². The molecule has 5 heteroatoms. The quantitative estimate of drug-likeness (QED) is 0.693. The summed E-state index contributed by atoms with van der Waals surface area (Å²) in [5, 5.41) is 4.30. The first kappa shape index (κ1) is 13.7. The minimum absolute atomic E-state index is 0.522. The van der Waals surface area contributed by atoms with E-state index in [0.717, 1.165) is 27.1 Å². The third kappa shape index (κ3) is 3.86. The van der Waals surface area contributed by atoms with Gasteiger partial charge in [0, 0.05) is 15.9 Å². The molecule has 0 aliphatic heterocycles. The van der Waals surface area contributed by atoms with E-state index in [4.69, 9.17) is 0 Å². The molecule has 0 bridgehead atoms. The van der Waals surface area contributed by atoms with Gasteiger partial charge in [0.15, 0.2) is 0 Å². The van der Waals surface area contributed by atoms with Crippen LogP contribution in [0.1, 0.15) is 23.9 Å². The molecule has 1 heterocycles. The maximum atomic E-state index is 4.30. The summed E-state index contributed by atoms with van der Waals surface area (Å²) in [6.45, 7) is 5.81. The van der Waals surface area contributed by atoms with Crippen LogP contribution in [-0.2, 0) is 0 Å². The van der Waals surface area contributed by atoms with E-state index in [9.17, 15) is 0 Å². The van der Waals surface area contributed by atoms with Crippen molar-refractivity contribution in [3.63, 3.8) is 0 Å². The van der Waals surface area contributed by atoms with Gasteiger partial charge in [-0.15, -0.1) is 0 Å². The van der Waals surface area contributed by atoms with Gasteiger partial charge in [-0.25, -0.2) is 15.4 Å². The number of aryl methyl sites for hydroxylation is 2. The van der Waals surface area contributed by atoms with E-state index in [1.54, 1.807) is 0 Å². The van der Waals surface area contributed by atoms with Crippen LogP contribution in [0.25, 0.3) is 0 Å². The number of aromatic nitrogens is 2. The number of hydrogen-bond donors (Lipinski definition) is 1. The van der Waals surface area contributed by atoms with Gasteiger partial charge in [-0.1, -0.05) is 28.1 Å². The molecule has 0 spiro atoms. The highest BCUT2D eigenvalue weighted by Crippen LogP contribution is 2.11. The Kier molecular flexibility index (Phi) is 4.27. The molecular formula is C14H15BrN4. The molecular weight excluding hydrogens is 304 g/mol. The van der Waals surface area contributed by atoms with Crippen LogP contribution >= 0.6 is 15.9 Å². The molecule has 0 aliphatic carbocycles. The lowest BCUT2D eigenvalue weighted by Gasteiger charge is -2.04. The largest absolute Gasteiger partial charge is 0.245 e. The average molecular weight is 319 g/mol. The standard InChI is InChI=1S/C14H15BrN4/c1-9-8-10(2)17-14(16-9)19-18-11(3)12-4-6-13(15)7-5-12/h4-8H,1-3H3,(H,16,17,19)/b18-11-. The molecule has 0 saturated carbocycles. The maximum Gasteiger partial charge on any atom is 0.243 e. The predicted molar refractivity (Wildman–Crippen MR) is 81.5 cm³/mol. The highest BCUT2D eigenvalue weighted by molar-refractivity contribution is 9.10. The summed E-state index contributed by atoms with van der Waals surface area (Å²) in [5.74, 6) is 0.522. The molecule has 0 aliphatic rings. The van der Waals surface area contributed by atoms with Gasteiger partial charge < -0.3 is 0 Å². The SMILES string of the molecule is C/C(=N/Nc1nc(C)cc(C)n1)c1ccc(Br)cc1. The minimum Gasteiger partial charge on any atom is -0.245 e. The molecule has 0 unspecified atom stereocenters. The number of benzene rings is 1. The second kappa shape index (κ2) is 5.93. The molecule has 19 heavy (non-hydrogen) atoms. The Balaban J connectivity index is 2.15. The van der Waals surface area contributed by atoms with Crippen molar-refractivity contribution in [2.45, 2.75) is 20.8 Å². The normalized spacial score (nSPS) is 11.5. The summed E-state index contributed by atoms with van der Waals surface area (Å²) in [7, 11) is 0. The molecule has 0 amide bonds. The zero-order valence-corrected chi connectivity index (χ0v) is 12.7. The van der Waals surface area contributed by atoms with Crippen molar-refractivity contribution in [2.24, 2.45) is 5.10 Å². The highest BCUT2D eigenvalue weighted by atomic mass is 79.9. The fourth-order valence-electron chi connectivity index (χ4n) is 1.67. The number of hydrogen-bond acceptors (Lipinski definition) is 4. The van der Waals surface area contributed by atoms with E-state index >= 15 is 0 Å². The molecule has 1 N–H and O–H groups in total. The Hall–Kier alpha value is -1.75. The number of nitrogens with zero attached hydrogens (tertiary/aromatic N) is 3. The van der Waals surface area contributed by atoms with Crippen molar-refractivity contribution in [2.75, 3.05) is 5.43 Å². The Morgan fingerprint density at radius 3 is 2.26 bits per heavy atom. The van der Waals surface area contributed by atoms with E-state index in [2.05, 4.69) is 36.4 Å². The molecule has 0 saturated heterocycles. The fourth-order valence-corrected chi connectivity index (χ4v) is 1.93. The van der Waals surface area contributed by atoms with Crippen molar-refractivity contribution < 1.29 is 0 Å². The molecule has 0 radical (unpaired) electrons. The average Bonchev–Trinajstić information content (AvgIpc) is 2.36. The monoisotopic (exact) mass is 318 g/mol. The Labute approximate surface area is 121 Å². The lowest BCUT2D eigenvalue weighted by atomic mass is 10.1. The van der Waals surface area contributed by atoms with Crippen molar-refractivity contribution in [1.29, 1.82) is 0 Å². The first-order valence-corrected chi connectivity index (χ1v) is 6.72. The first-order chi connectivity index (χ1) is 9.04. The number of anilines is 1. The summed E-state index contributed by atoms with van der Waals surface area (Å²) in [5.41, 5.74) is 6.68. The van der Waals surface area contributed by atoms with E-state index in [1.165, 1.54) is 0 Å². The van der Waals surface area contributed by atoms with Gasteiger partial charge in [0.1, 0.15) is 0 Å². The fraction of sp³-hybridized carbons (Fsp3) is 0.214. The van der Waals surface area contributed by atoms with Crippen LogP contribution in [0.5, 0.6) is 0 Å².